The Bertz CT molecular complexity index is 243. The Hall–Kier alpha value is -0.160. The molecule has 0 aromatic rings. The van der Waals surface area contributed by atoms with Gasteiger partial charge in [-0.3, -0.25) is 4.90 Å². The lowest BCUT2D eigenvalue weighted by molar-refractivity contribution is 0.0256. The lowest BCUT2D eigenvalue weighted by Gasteiger charge is -2.46. The van der Waals surface area contributed by atoms with Crippen LogP contribution in [0, 0.1) is 11.8 Å². The van der Waals surface area contributed by atoms with Gasteiger partial charge in [0.15, 0.2) is 0 Å². The summed E-state index contributed by atoms with van der Waals surface area (Å²) >= 11 is 0. The molecule has 0 aromatic heterocycles. The molecule has 0 radical (unpaired) electrons. The van der Waals surface area contributed by atoms with E-state index in [1.165, 1.54) is 12.8 Å². The van der Waals surface area contributed by atoms with Crippen LogP contribution in [0.15, 0.2) is 0 Å². The van der Waals surface area contributed by atoms with Gasteiger partial charge in [-0.15, -0.1) is 0 Å². The highest BCUT2D eigenvalue weighted by molar-refractivity contribution is 4.94. The van der Waals surface area contributed by atoms with Crippen LogP contribution in [-0.4, -0.2) is 64.1 Å². The summed E-state index contributed by atoms with van der Waals surface area (Å²) < 4.78 is 10.6. The highest BCUT2D eigenvalue weighted by Gasteiger charge is 2.36. The van der Waals surface area contributed by atoms with Crippen molar-refractivity contribution in [3.8, 4) is 0 Å². The van der Waals surface area contributed by atoms with Gasteiger partial charge < -0.3 is 14.8 Å². The van der Waals surface area contributed by atoms with Crippen molar-refractivity contribution in [1.82, 2.24) is 10.2 Å². The molecule has 20 heavy (non-hydrogen) atoms. The van der Waals surface area contributed by atoms with Crippen LogP contribution in [0.2, 0.25) is 0 Å². The predicted octanol–water partition coefficient (Wildman–Crippen LogP) is 1.99. The summed E-state index contributed by atoms with van der Waals surface area (Å²) in [5, 5.41) is 3.71. The van der Waals surface area contributed by atoms with Crippen molar-refractivity contribution in [3.63, 3.8) is 0 Å². The Labute approximate surface area is 125 Å². The first-order valence-electron chi connectivity index (χ1n) is 8.09. The first kappa shape index (κ1) is 17.9. The number of hydrogen-bond acceptors (Lipinski definition) is 4. The van der Waals surface area contributed by atoms with Crippen LogP contribution in [0.1, 0.15) is 33.6 Å². The van der Waals surface area contributed by atoms with Crippen molar-refractivity contribution in [2.75, 3.05) is 47.1 Å². The first-order chi connectivity index (χ1) is 9.63. The minimum absolute atomic E-state index is 0.590. The fourth-order valence-electron chi connectivity index (χ4n) is 3.75. The maximum absolute atomic E-state index is 5.29. The van der Waals surface area contributed by atoms with Crippen LogP contribution in [-0.2, 0) is 9.47 Å². The quantitative estimate of drug-likeness (QED) is 0.703. The van der Waals surface area contributed by atoms with Gasteiger partial charge in [0.25, 0.3) is 0 Å². The van der Waals surface area contributed by atoms with E-state index >= 15 is 0 Å². The van der Waals surface area contributed by atoms with Crippen LogP contribution >= 0.6 is 0 Å². The first-order valence-corrected chi connectivity index (χ1v) is 8.09. The molecule has 0 saturated heterocycles. The molecule has 1 aliphatic carbocycles. The second kappa shape index (κ2) is 9.72. The van der Waals surface area contributed by atoms with E-state index in [1.807, 2.05) is 0 Å². The summed E-state index contributed by atoms with van der Waals surface area (Å²) in [4.78, 5) is 2.57. The lowest BCUT2D eigenvalue weighted by atomic mass is 9.75. The Balaban J connectivity index is 2.74. The maximum Gasteiger partial charge on any atom is 0.0589 e. The van der Waals surface area contributed by atoms with Gasteiger partial charge in [0, 0.05) is 39.4 Å². The molecular weight excluding hydrogens is 252 g/mol. The number of methoxy groups -OCH3 is 2. The number of hydrogen-bond donors (Lipinski definition) is 1. The molecule has 0 spiro atoms. The van der Waals surface area contributed by atoms with Gasteiger partial charge in [0.1, 0.15) is 0 Å². The van der Waals surface area contributed by atoms with E-state index < -0.39 is 0 Å². The molecule has 1 aliphatic rings. The standard InChI is InChI=1S/C16H34N2O2/c1-6-17-15-12-13(2)11-14(3)16(15)18(7-9-19-4)8-10-20-5/h13-17H,6-12H2,1-5H3. The SMILES string of the molecule is CCNC1CC(C)CC(C)C1N(CCOC)CCOC. The maximum atomic E-state index is 5.29. The van der Waals surface area contributed by atoms with E-state index in [0.717, 1.165) is 44.7 Å². The van der Waals surface area contributed by atoms with Crippen LogP contribution in [0.4, 0.5) is 0 Å². The molecule has 1 fully saturated rings. The highest BCUT2D eigenvalue weighted by Crippen LogP contribution is 2.32. The van der Waals surface area contributed by atoms with Gasteiger partial charge in [-0.1, -0.05) is 20.8 Å². The molecule has 0 aromatic carbocycles. The normalized spacial score (nSPS) is 30.9. The van der Waals surface area contributed by atoms with Gasteiger partial charge in [-0.05, 0) is 31.2 Å². The predicted molar refractivity (Wildman–Crippen MR) is 84.1 cm³/mol. The molecule has 0 amide bonds. The molecule has 0 bridgehead atoms. The minimum atomic E-state index is 0.590. The molecule has 4 unspecified atom stereocenters. The monoisotopic (exact) mass is 286 g/mol. The summed E-state index contributed by atoms with van der Waals surface area (Å²) in [6, 6.07) is 1.18. The summed E-state index contributed by atoms with van der Waals surface area (Å²) in [7, 11) is 3.56. The number of likely N-dealkylation sites (N-methyl/N-ethyl adjacent to an activating group) is 1. The molecular formula is C16H34N2O2. The Morgan fingerprint density at radius 1 is 1.05 bits per heavy atom. The molecule has 1 rings (SSSR count). The van der Waals surface area contributed by atoms with E-state index in [2.05, 4.69) is 31.0 Å². The van der Waals surface area contributed by atoms with Gasteiger partial charge >= 0.3 is 0 Å². The van der Waals surface area contributed by atoms with Crippen molar-refractivity contribution in [2.45, 2.75) is 45.7 Å². The molecule has 1 saturated carbocycles. The Kier molecular flexibility index (Phi) is 8.69. The van der Waals surface area contributed by atoms with Crippen molar-refractivity contribution in [3.05, 3.63) is 0 Å². The third kappa shape index (κ3) is 5.32. The topological polar surface area (TPSA) is 33.7 Å². The largest absolute Gasteiger partial charge is 0.383 e. The lowest BCUT2D eigenvalue weighted by Crippen LogP contribution is -2.57. The number of rotatable bonds is 9. The van der Waals surface area contributed by atoms with Gasteiger partial charge in [-0.25, -0.2) is 0 Å². The van der Waals surface area contributed by atoms with Crippen LogP contribution in [0.3, 0.4) is 0 Å². The number of nitrogens with zero attached hydrogens (tertiary/aromatic N) is 1. The highest BCUT2D eigenvalue weighted by atomic mass is 16.5. The average molecular weight is 286 g/mol. The zero-order valence-electron chi connectivity index (χ0n) is 14.0. The van der Waals surface area contributed by atoms with E-state index in [4.69, 9.17) is 9.47 Å². The third-order valence-electron chi connectivity index (χ3n) is 4.48. The Morgan fingerprint density at radius 2 is 1.65 bits per heavy atom. The molecule has 0 heterocycles. The van der Waals surface area contributed by atoms with Crippen LogP contribution in [0.5, 0.6) is 0 Å². The van der Waals surface area contributed by atoms with E-state index in [1.54, 1.807) is 14.2 Å². The average Bonchev–Trinajstić information content (AvgIpc) is 2.40. The van der Waals surface area contributed by atoms with E-state index in [9.17, 15) is 0 Å². The van der Waals surface area contributed by atoms with Crippen molar-refractivity contribution >= 4 is 0 Å². The van der Waals surface area contributed by atoms with Crippen molar-refractivity contribution in [1.29, 1.82) is 0 Å². The second-order valence-electron chi connectivity index (χ2n) is 6.23. The van der Waals surface area contributed by atoms with Crippen LogP contribution in [0.25, 0.3) is 0 Å². The molecule has 4 atom stereocenters. The molecule has 0 aliphatic heterocycles. The van der Waals surface area contributed by atoms with Crippen molar-refractivity contribution < 1.29 is 9.47 Å². The number of ether oxygens (including phenoxy) is 2. The summed E-state index contributed by atoms with van der Waals surface area (Å²) in [5.41, 5.74) is 0. The summed E-state index contributed by atoms with van der Waals surface area (Å²) in [5.74, 6) is 1.54. The zero-order chi connectivity index (χ0) is 15.0. The summed E-state index contributed by atoms with van der Waals surface area (Å²) in [6.45, 7) is 11.6. The molecule has 120 valence electrons. The molecule has 1 N–H and O–H groups in total. The minimum Gasteiger partial charge on any atom is -0.383 e. The summed E-state index contributed by atoms with van der Waals surface area (Å²) in [6.07, 6.45) is 2.60. The molecule has 4 nitrogen and oxygen atoms in total. The van der Waals surface area contributed by atoms with Gasteiger partial charge in [0.05, 0.1) is 13.2 Å². The fourth-order valence-corrected chi connectivity index (χ4v) is 3.75. The number of nitrogens with one attached hydrogen (secondary N) is 1. The van der Waals surface area contributed by atoms with E-state index in [0.29, 0.717) is 12.1 Å². The second-order valence-corrected chi connectivity index (χ2v) is 6.23. The van der Waals surface area contributed by atoms with Crippen LogP contribution < -0.4 is 5.32 Å². The fraction of sp³-hybridized carbons (Fsp3) is 1.00. The molecule has 4 heteroatoms. The zero-order valence-corrected chi connectivity index (χ0v) is 14.0. The van der Waals surface area contributed by atoms with Gasteiger partial charge in [-0.2, -0.15) is 0 Å². The van der Waals surface area contributed by atoms with E-state index in [-0.39, 0.29) is 0 Å². The smallest absolute Gasteiger partial charge is 0.0589 e. The third-order valence-corrected chi connectivity index (χ3v) is 4.48. The Morgan fingerprint density at radius 3 is 2.15 bits per heavy atom. The van der Waals surface area contributed by atoms with Gasteiger partial charge in [0.2, 0.25) is 0 Å². The van der Waals surface area contributed by atoms with Crippen molar-refractivity contribution in [2.24, 2.45) is 11.8 Å².